The van der Waals surface area contributed by atoms with Gasteiger partial charge >= 0.3 is 0 Å². The summed E-state index contributed by atoms with van der Waals surface area (Å²) in [4.78, 5) is 15.6. The Morgan fingerprint density at radius 3 is 2.81 bits per heavy atom. The van der Waals surface area contributed by atoms with E-state index in [9.17, 15) is 9.18 Å². The van der Waals surface area contributed by atoms with Crippen LogP contribution in [-0.4, -0.2) is 24.0 Å². The van der Waals surface area contributed by atoms with Crippen molar-refractivity contribution >= 4 is 29.1 Å². The van der Waals surface area contributed by atoms with Crippen LogP contribution in [0.25, 0.3) is 0 Å². The topological polar surface area (TPSA) is 51.2 Å². The lowest BCUT2D eigenvalue weighted by atomic mass is 10.3. The maximum Gasteiger partial charge on any atom is 0.253 e. The molecule has 0 unspecified atom stereocenters. The summed E-state index contributed by atoms with van der Waals surface area (Å²) in [6, 6.07) is 7.47. The zero-order valence-electron chi connectivity index (χ0n) is 10.8. The molecule has 0 spiro atoms. The van der Waals surface area contributed by atoms with Crippen LogP contribution >= 0.6 is 23.2 Å². The van der Waals surface area contributed by atoms with Crippen molar-refractivity contribution in [3.63, 3.8) is 0 Å². The summed E-state index contributed by atoms with van der Waals surface area (Å²) in [6.45, 7) is 0.356. The van der Waals surface area contributed by atoms with Crippen LogP contribution in [0, 0.1) is 5.82 Å². The summed E-state index contributed by atoms with van der Waals surface area (Å²) in [5.41, 5.74) is 0.287. The van der Waals surface area contributed by atoms with Crippen molar-refractivity contribution in [2.45, 2.75) is 0 Å². The number of carbonyl (C=O) groups is 1. The van der Waals surface area contributed by atoms with Crippen molar-refractivity contribution in [1.29, 1.82) is 0 Å². The fourth-order valence-electron chi connectivity index (χ4n) is 1.53. The van der Waals surface area contributed by atoms with Crippen molar-refractivity contribution in [1.82, 2.24) is 10.3 Å². The quantitative estimate of drug-likeness (QED) is 0.676. The molecule has 0 aliphatic heterocycles. The van der Waals surface area contributed by atoms with Crippen LogP contribution in [0.1, 0.15) is 10.4 Å². The number of halogens is 3. The highest BCUT2D eigenvalue weighted by molar-refractivity contribution is 6.41. The average Bonchev–Trinajstić information content (AvgIpc) is 2.48. The molecule has 0 aliphatic carbocycles. The number of amides is 1. The van der Waals surface area contributed by atoms with Crippen molar-refractivity contribution in [3.8, 4) is 5.75 Å². The van der Waals surface area contributed by atoms with Crippen LogP contribution in [0.15, 0.2) is 36.5 Å². The molecule has 0 radical (unpaired) electrons. The van der Waals surface area contributed by atoms with E-state index in [0.717, 1.165) is 0 Å². The second kappa shape index (κ2) is 7.24. The molecule has 1 heterocycles. The highest BCUT2D eigenvalue weighted by atomic mass is 35.5. The van der Waals surface area contributed by atoms with Crippen LogP contribution < -0.4 is 10.1 Å². The number of nitrogens with zero attached hydrogens (tertiary/aromatic N) is 1. The number of hydrogen-bond acceptors (Lipinski definition) is 3. The third kappa shape index (κ3) is 4.31. The Labute approximate surface area is 130 Å². The highest BCUT2D eigenvalue weighted by Gasteiger charge is 2.09. The van der Waals surface area contributed by atoms with E-state index in [4.69, 9.17) is 27.9 Å². The maximum absolute atomic E-state index is 13.3. The van der Waals surface area contributed by atoms with Crippen LogP contribution in [0.2, 0.25) is 10.2 Å². The van der Waals surface area contributed by atoms with Gasteiger partial charge in [0.1, 0.15) is 11.8 Å². The Balaban J connectivity index is 1.82. The molecule has 7 heteroatoms. The number of carbonyl (C=O) groups excluding carboxylic acids is 1. The number of hydrogen-bond donors (Lipinski definition) is 1. The largest absolute Gasteiger partial charge is 0.489 e. The SMILES string of the molecule is O=C(NCCOc1ccccc1F)c1cnc(Cl)c(Cl)c1. The molecule has 2 rings (SSSR count). The van der Waals surface area contributed by atoms with Gasteiger partial charge < -0.3 is 10.1 Å². The van der Waals surface area contributed by atoms with Gasteiger partial charge in [-0.3, -0.25) is 4.79 Å². The van der Waals surface area contributed by atoms with Crippen molar-refractivity contribution < 1.29 is 13.9 Å². The van der Waals surface area contributed by atoms with E-state index >= 15 is 0 Å². The molecular formula is C14H11Cl2FN2O2. The summed E-state index contributed by atoms with van der Waals surface area (Å²) in [6.07, 6.45) is 1.32. The second-order valence-electron chi connectivity index (χ2n) is 4.03. The van der Waals surface area contributed by atoms with E-state index < -0.39 is 5.82 Å². The monoisotopic (exact) mass is 328 g/mol. The van der Waals surface area contributed by atoms with E-state index in [1.807, 2.05) is 0 Å². The van der Waals surface area contributed by atoms with Gasteiger partial charge in [0.2, 0.25) is 0 Å². The summed E-state index contributed by atoms with van der Waals surface area (Å²) in [5, 5.41) is 2.94. The number of rotatable bonds is 5. The number of nitrogens with one attached hydrogen (secondary N) is 1. The molecule has 0 fully saturated rings. The summed E-state index contributed by atoms with van der Waals surface area (Å²) >= 11 is 11.4. The number of benzene rings is 1. The van der Waals surface area contributed by atoms with E-state index in [-0.39, 0.29) is 40.5 Å². The molecule has 0 saturated heterocycles. The number of aromatic nitrogens is 1. The van der Waals surface area contributed by atoms with Gasteiger partial charge in [-0.25, -0.2) is 9.37 Å². The molecule has 0 bridgehead atoms. The third-order valence-corrected chi connectivity index (χ3v) is 3.23. The van der Waals surface area contributed by atoms with Crippen molar-refractivity contribution in [2.75, 3.05) is 13.2 Å². The van der Waals surface area contributed by atoms with Crippen molar-refractivity contribution in [3.05, 3.63) is 58.1 Å². The normalized spacial score (nSPS) is 10.2. The van der Waals surface area contributed by atoms with E-state index in [1.54, 1.807) is 12.1 Å². The lowest BCUT2D eigenvalue weighted by Crippen LogP contribution is -2.28. The Morgan fingerprint density at radius 1 is 1.33 bits per heavy atom. The molecule has 21 heavy (non-hydrogen) atoms. The first-order valence-corrected chi connectivity index (χ1v) is 6.80. The average molecular weight is 329 g/mol. The van der Waals surface area contributed by atoms with Gasteiger partial charge in [0.15, 0.2) is 11.6 Å². The first kappa shape index (κ1) is 15.5. The molecule has 1 amide bonds. The molecule has 4 nitrogen and oxygen atoms in total. The predicted octanol–water partition coefficient (Wildman–Crippen LogP) is 3.34. The van der Waals surface area contributed by atoms with Crippen LogP contribution in [0.4, 0.5) is 4.39 Å². The molecule has 1 aromatic heterocycles. The van der Waals surface area contributed by atoms with Gasteiger partial charge in [-0.1, -0.05) is 35.3 Å². The minimum Gasteiger partial charge on any atom is -0.489 e. The summed E-state index contributed by atoms with van der Waals surface area (Å²) in [7, 11) is 0. The van der Waals surface area contributed by atoms with Crippen LogP contribution in [-0.2, 0) is 0 Å². The molecule has 1 N–H and O–H groups in total. The van der Waals surface area contributed by atoms with E-state index in [1.165, 1.54) is 24.4 Å². The fraction of sp³-hybridized carbons (Fsp3) is 0.143. The summed E-state index contributed by atoms with van der Waals surface area (Å²) in [5.74, 6) is -0.668. The minimum absolute atomic E-state index is 0.135. The minimum atomic E-state index is -0.447. The van der Waals surface area contributed by atoms with Gasteiger partial charge in [0.05, 0.1) is 17.1 Å². The standard InChI is InChI=1S/C14H11Cl2FN2O2/c15-10-7-9(8-19-13(10)16)14(20)18-5-6-21-12-4-2-1-3-11(12)17/h1-4,7-8H,5-6H2,(H,18,20). The number of para-hydroxylation sites is 1. The predicted molar refractivity (Wildman–Crippen MR) is 78.5 cm³/mol. The van der Waals surface area contributed by atoms with Gasteiger partial charge in [0, 0.05) is 6.20 Å². The molecule has 0 atom stereocenters. The van der Waals surface area contributed by atoms with E-state index in [0.29, 0.717) is 0 Å². The molecule has 110 valence electrons. The Kier molecular flexibility index (Phi) is 5.36. The zero-order chi connectivity index (χ0) is 15.2. The molecule has 2 aromatic rings. The lowest BCUT2D eigenvalue weighted by molar-refractivity contribution is 0.0946. The first-order chi connectivity index (χ1) is 10.1. The Hall–Kier alpha value is -1.85. The second-order valence-corrected chi connectivity index (χ2v) is 4.80. The van der Waals surface area contributed by atoms with Gasteiger partial charge in [-0.05, 0) is 18.2 Å². The molecule has 1 aromatic carbocycles. The molecule has 0 aliphatic rings. The maximum atomic E-state index is 13.3. The highest BCUT2D eigenvalue weighted by Crippen LogP contribution is 2.19. The van der Waals surface area contributed by atoms with Crippen molar-refractivity contribution in [2.24, 2.45) is 0 Å². The van der Waals surface area contributed by atoms with Crippen LogP contribution in [0.3, 0.4) is 0 Å². The number of ether oxygens (including phenoxy) is 1. The van der Waals surface area contributed by atoms with E-state index in [2.05, 4.69) is 10.3 Å². The number of pyridine rings is 1. The fourth-order valence-corrected chi connectivity index (χ4v) is 1.80. The van der Waals surface area contributed by atoms with Gasteiger partial charge in [0.25, 0.3) is 5.91 Å². The first-order valence-electron chi connectivity index (χ1n) is 6.04. The lowest BCUT2D eigenvalue weighted by Gasteiger charge is -2.08. The summed E-state index contributed by atoms with van der Waals surface area (Å²) < 4.78 is 18.5. The van der Waals surface area contributed by atoms with Gasteiger partial charge in [-0.2, -0.15) is 0 Å². The Morgan fingerprint density at radius 2 is 2.10 bits per heavy atom. The van der Waals surface area contributed by atoms with Crippen LogP contribution in [0.5, 0.6) is 5.75 Å². The van der Waals surface area contributed by atoms with Gasteiger partial charge in [-0.15, -0.1) is 0 Å². The third-order valence-electron chi connectivity index (χ3n) is 2.54. The smallest absolute Gasteiger partial charge is 0.253 e. The zero-order valence-corrected chi connectivity index (χ0v) is 12.3. The molecule has 0 saturated carbocycles. The Bertz CT molecular complexity index is 653. The molecular weight excluding hydrogens is 318 g/mol.